The molecule has 0 aromatic heterocycles. The Morgan fingerprint density at radius 2 is 1.79 bits per heavy atom. The zero-order valence-electron chi connectivity index (χ0n) is 7.55. The minimum Gasteiger partial charge on any atom is -0.490 e. The predicted molar refractivity (Wildman–Crippen MR) is 50.5 cm³/mol. The molecule has 0 radical (unpaired) electrons. The average molecular weight is 196 g/mol. The fourth-order valence-electron chi connectivity index (χ4n) is 0.930. The highest BCUT2D eigenvalue weighted by Gasteiger charge is 2.20. The molecule has 0 heterocycles. The molecule has 0 amide bonds. The molecule has 0 spiro atoms. The Balaban J connectivity index is 2.73. The number of aliphatic hydroxyl groups is 3. The quantitative estimate of drug-likeness (QED) is 0.479. The van der Waals surface area contributed by atoms with Gasteiger partial charge in [0.2, 0.25) is 0 Å². The highest BCUT2D eigenvalue weighted by Crippen LogP contribution is 2.18. The summed E-state index contributed by atoms with van der Waals surface area (Å²) < 4.78 is 5.16. The molecular formula is C10H12O4. The molecule has 1 rings (SSSR count). The van der Waals surface area contributed by atoms with Gasteiger partial charge in [0.15, 0.2) is 0 Å². The van der Waals surface area contributed by atoms with Crippen LogP contribution in [0.2, 0.25) is 0 Å². The van der Waals surface area contributed by atoms with E-state index in [1.807, 2.05) is 0 Å². The molecule has 0 saturated heterocycles. The van der Waals surface area contributed by atoms with E-state index in [1.165, 1.54) is 24.3 Å². The SMILES string of the molecule is C=CCOc1ccc(C(O)(O)O)cc1. The van der Waals surface area contributed by atoms with Crippen molar-refractivity contribution in [3.8, 4) is 5.75 Å². The minimum atomic E-state index is -2.79. The monoisotopic (exact) mass is 196 g/mol. The van der Waals surface area contributed by atoms with E-state index in [9.17, 15) is 0 Å². The van der Waals surface area contributed by atoms with Crippen molar-refractivity contribution in [1.82, 2.24) is 0 Å². The van der Waals surface area contributed by atoms with Gasteiger partial charge in [-0.1, -0.05) is 12.7 Å². The first-order valence-electron chi connectivity index (χ1n) is 4.05. The van der Waals surface area contributed by atoms with Gasteiger partial charge < -0.3 is 20.1 Å². The van der Waals surface area contributed by atoms with Gasteiger partial charge in [-0.25, -0.2) is 0 Å². The summed E-state index contributed by atoms with van der Waals surface area (Å²) in [6.45, 7) is 3.86. The maximum atomic E-state index is 8.81. The Hall–Kier alpha value is -1.36. The van der Waals surface area contributed by atoms with E-state index in [-0.39, 0.29) is 5.56 Å². The van der Waals surface area contributed by atoms with Gasteiger partial charge in [-0.05, 0) is 24.3 Å². The second kappa shape index (κ2) is 4.23. The van der Waals surface area contributed by atoms with Crippen molar-refractivity contribution in [2.75, 3.05) is 6.61 Å². The van der Waals surface area contributed by atoms with Crippen LogP contribution in [0.15, 0.2) is 36.9 Å². The average Bonchev–Trinajstić information content (AvgIpc) is 2.14. The van der Waals surface area contributed by atoms with Crippen LogP contribution in [-0.2, 0) is 5.97 Å². The molecule has 0 aliphatic heterocycles. The summed E-state index contributed by atoms with van der Waals surface area (Å²) in [6, 6.07) is 5.77. The second-order valence-electron chi connectivity index (χ2n) is 2.76. The van der Waals surface area contributed by atoms with E-state index in [4.69, 9.17) is 20.1 Å². The van der Waals surface area contributed by atoms with Crippen molar-refractivity contribution in [3.05, 3.63) is 42.5 Å². The number of hydrogen-bond acceptors (Lipinski definition) is 4. The lowest BCUT2D eigenvalue weighted by Crippen LogP contribution is -2.23. The number of hydrogen-bond donors (Lipinski definition) is 3. The highest BCUT2D eigenvalue weighted by atomic mass is 16.7. The fourth-order valence-corrected chi connectivity index (χ4v) is 0.930. The van der Waals surface area contributed by atoms with Crippen LogP contribution < -0.4 is 4.74 Å². The van der Waals surface area contributed by atoms with Crippen LogP contribution in [0, 0.1) is 0 Å². The maximum Gasteiger partial charge on any atom is 0.304 e. The summed E-state index contributed by atoms with van der Waals surface area (Å²) >= 11 is 0. The molecule has 0 saturated carbocycles. The third-order valence-corrected chi connectivity index (χ3v) is 1.61. The number of benzene rings is 1. The Morgan fingerprint density at radius 3 is 2.21 bits per heavy atom. The molecule has 1 aromatic carbocycles. The largest absolute Gasteiger partial charge is 0.490 e. The Bertz CT molecular complexity index is 297. The lowest BCUT2D eigenvalue weighted by atomic mass is 10.2. The molecule has 0 bridgehead atoms. The summed E-state index contributed by atoms with van der Waals surface area (Å²) in [7, 11) is 0. The van der Waals surface area contributed by atoms with Crippen molar-refractivity contribution < 1.29 is 20.1 Å². The highest BCUT2D eigenvalue weighted by molar-refractivity contribution is 5.28. The lowest BCUT2D eigenvalue weighted by molar-refractivity contribution is -0.323. The first-order valence-corrected chi connectivity index (χ1v) is 4.05. The Kier molecular flexibility index (Phi) is 3.24. The van der Waals surface area contributed by atoms with Gasteiger partial charge in [0, 0.05) is 5.56 Å². The van der Waals surface area contributed by atoms with Crippen LogP contribution in [0.5, 0.6) is 5.75 Å². The zero-order chi connectivity index (χ0) is 10.6. The normalized spacial score (nSPS) is 11.1. The Labute approximate surface area is 81.7 Å². The van der Waals surface area contributed by atoms with Crippen molar-refractivity contribution in [2.45, 2.75) is 5.97 Å². The molecule has 0 atom stereocenters. The molecule has 3 N–H and O–H groups in total. The fraction of sp³-hybridized carbons (Fsp3) is 0.200. The lowest BCUT2D eigenvalue weighted by Gasteiger charge is -2.14. The number of rotatable bonds is 4. The molecule has 76 valence electrons. The van der Waals surface area contributed by atoms with Crippen molar-refractivity contribution in [1.29, 1.82) is 0 Å². The second-order valence-corrected chi connectivity index (χ2v) is 2.76. The molecule has 14 heavy (non-hydrogen) atoms. The summed E-state index contributed by atoms with van der Waals surface area (Å²) in [5.41, 5.74) is -0.0107. The molecule has 0 unspecified atom stereocenters. The molecule has 4 heteroatoms. The molecule has 0 fully saturated rings. The van der Waals surface area contributed by atoms with Gasteiger partial charge in [-0.15, -0.1) is 0 Å². The van der Waals surface area contributed by atoms with Gasteiger partial charge in [-0.3, -0.25) is 0 Å². The van der Waals surface area contributed by atoms with E-state index in [1.54, 1.807) is 6.08 Å². The van der Waals surface area contributed by atoms with E-state index in [0.29, 0.717) is 12.4 Å². The van der Waals surface area contributed by atoms with Gasteiger partial charge in [0.25, 0.3) is 0 Å². The van der Waals surface area contributed by atoms with Gasteiger partial charge in [0.05, 0.1) is 0 Å². The van der Waals surface area contributed by atoms with Crippen LogP contribution in [0.3, 0.4) is 0 Å². The third-order valence-electron chi connectivity index (χ3n) is 1.61. The van der Waals surface area contributed by atoms with Crippen molar-refractivity contribution in [3.63, 3.8) is 0 Å². The van der Waals surface area contributed by atoms with Crippen molar-refractivity contribution >= 4 is 0 Å². The number of ether oxygens (including phenoxy) is 1. The van der Waals surface area contributed by atoms with Gasteiger partial charge in [-0.2, -0.15) is 0 Å². The molecule has 0 aliphatic rings. The van der Waals surface area contributed by atoms with Crippen molar-refractivity contribution in [2.24, 2.45) is 0 Å². The van der Waals surface area contributed by atoms with E-state index in [0.717, 1.165) is 0 Å². The first-order chi connectivity index (χ1) is 6.54. The topological polar surface area (TPSA) is 69.9 Å². The molecule has 0 aliphatic carbocycles. The smallest absolute Gasteiger partial charge is 0.304 e. The van der Waals surface area contributed by atoms with Crippen LogP contribution in [0.25, 0.3) is 0 Å². The van der Waals surface area contributed by atoms with E-state index in [2.05, 4.69) is 6.58 Å². The van der Waals surface area contributed by atoms with Crippen LogP contribution in [0.4, 0.5) is 0 Å². The van der Waals surface area contributed by atoms with Crippen LogP contribution >= 0.6 is 0 Å². The van der Waals surface area contributed by atoms with E-state index < -0.39 is 5.97 Å². The predicted octanol–water partition coefficient (Wildman–Crippen LogP) is 0.339. The minimum absolute atomic E-state index is 0.0107. The molecule has 1 aromatic rings. The standard InChI is InChI=1S/C10H12O4/c1-2-7-14-9-5-3-8(4-6-9)10(11,12)13/h2-6,11-13H,1,7H2. The molecule has 4 nitrogen and oxygen atoms in total. The molecular weight excluding hydrogens is 184 g/mol. The zero-order valence-corrected chi connectivity index (χ0v) is 7.55. The van der Waals surface area contributed by atoms with Crippen LogP contribution in [-0.4, -0.2) is 21.9 Å². The summed E-state index contributed by atoms with van der Waals surface area (Å²) in [4.78, 5) is 0. The summed E-state index contributed by atoms with van der Waals surface area (Å²) in [5.74, 6) is -2.23. The van der Waals surface area contributed by atoms with Gasteiger partial charge in [0.1, 0.15) is 12.4 Å². The first kappa shape index (κ1) is 10.7. The Morgan fingerprint density at radius 1 is 1.21 bits per heavy atom. The van der Waals surface area contributed by atoms with E-state index >= 15 is 0 Å². The summed E-state index contributed by atoms with van der Waals surface area (Å²) in [5, 5.41) is 26.4. The van der Waals surface area contributed by atoms with Crippen LogP contribution in [0.1, 0.15) is 5.56 Å². The van der Waals surface area contributed by atoms with Gasteiger partial charge >= 0.3 is 5.97 Å². The maximum absolute atomic E-state index is 8.81. The summed E-state index contributed by atoms with van der Waals surface area (Å²) in [6.07, 6.45) is 1.60. The third kappa shape index (κ3) is 2.85.